The Balaban J connectivity index is 1.58. The van der Waals surface area contributed by atoms with Crippen molar-refractivity contribution in [2.24, 2.45) is 0 Å². The maximum Gasteiger partial charge on any atom is 0.272 e. The van der Waals surface area contributed by atoms with Crippen LogP contribution in [-0.4, -0.2) is 65.7 Å². The van der Waals surface area contributed by atoms with E-state index < -0.39 is 5.91 Å². The van der Waals surface area contributed by atoms with Gasteiger partial charge >= 0.3 is 0 Å². The Kier molecular flexibility index (Phi) is 6.31. The van der Waals surface area contributed by atoms with Gasteiger partial charge in [0.15, 0.2) is 0 Å². The molecule has 0 bridgehead atoms. The van der Waals surface area contributed by atoms with E-state index in [9.17, 15) is 18.8 Å². The topological polar surface area (TPSA) is 82.6 Å². The Morgan fingerprint density at radius 2 is 1.75 bits per heavy atom. The van der Waals surface area contributed by atoms with Gasteiger partial charge in [0.2, 0.25) is 6.41 Å². The SMILES string of the molecule is O=CN1CCN(C(=O)c2cccc(C(=O)NCCc3ccccc3F)n2)CC1. The summed E-state index contributed by atoms with van der Waals surface area (Å²) in [6, 6.07) is 11.1. The zero-order valence-electron chi connectivity index (χ0n) is 15.3. The fourth-order valence-electron chi connectivity index (χ4n) is 2.98. The Hall–Kier alpha value is -3.29. The number of benzene rings is 1. The molecule has 146 valence electrons. The number of carbonyl (C=O) groups excluding carboxylic acids is 3. The highest BCUT2D eigenvalue weighted by molar-refractivity contribution is 5.96. The maximum absolute atomic E-state index is 13.6. The number of hydrogen-bond donors (Lipinski definition) is 1. The maximum atomic E-state index is 13.6. The van der Waals surface area contributed by atoms with Crippen molar-refractivity contribution in [3.05, 3.63) is 65.2 Å². The van der Waals surface area contributed by atoms with Crippen molar-refractivity contribution in [3.8, 4) is 0 Å². The molecule has 0 radical (unpaired) electrons. The minimum atomic E-state index is -0.420. The van der Waals surface area contributed by atoms with Crippen molar-refractivity contribution in [3.63, 3.8) is 0 Å². The molecule has 1 aliphatic rings. The van der Waals surface area contributed by atoms with E-state index in [-0.39, 0.29) is 29.7 Å². The predicted molar refractivity (Wildman–Crippen MR) is 100 cm³/mol. The van der Waals surface area contributed by atoms with Crippen molar-refractivity contribution in [1.82, 2.24) is 20.1 Å². The lowest BCUT2D eigenvalue weighted by Gasteiger charge is -2.32. The summed E-state index contributed by atoms with van der Waals surface area (Å²) < 4.78 is 13.6. The molecule has 1 aromatic carbocycles. The van der Waals surface area contributed by atoms with E-state index in [1.807, 2.05) is 0 Å². The lowest BCUT2D eigenvalue weighted by atomic mass is 10.1. The van der Waals surface area contributed by atoms with Gasteiger partial charge in [0.25, 0.3) is 11.8 Å². The van der Waals surface area contributed by atoms with Crippen molar-refractivity contribution in [1.29, 1.82) is 0 Å². The molecule has 7 nitrogen and oxygen atoms in total. The molecule has 2 aromatic rings. The second-order valence-electron chi connectivity index (χ2n) is 6.44. The van der Waals surface area contributed by atoms with Crippen molar-refractivity contribution in [2.45, 2.75) is 6.42 Å². The van der Waals surface area contributed by atoms with Crippen molar-refractivity contribution in [2.75, 3.05) is 32.7 Å². The average molecular weight is 384 g/mol. The summed E-state index contributed by atoms with van der Waals surface area (Å²) in [4.78, 5) is 43.1. The molecule has 8 heteroatoms. The van der Waals surface area contributed by atoms with Crippen LogP contribution in [0.1, 0.15) is 26.5 Å². The summed E-state index contributed by atoms with van der Waals surface area (Å²) >= 11 is 0. The van der Waals surface area contributed by atoms with Gasteiger partial charge in [-0.3, -0.25) is 14.4 Å². The summed E-state index contributed by atoms with van der Waals surface area (Å²) in [5.74, 6) is -1.000. The van der Waals surface area contributed by atoms with Gasteiger partial charge in [0.05, 0.1) is 0 Å². The van der Waals surface area contributed by atoms with E-state index in [4.69, 9.17) is 0 Å². The highest BCUT2D eigenvalue weighted by atomic mass is 19.1. The number of amides is 3. The van der Waals surface area contributed by atoms with Gasteiger partial charge in [-0.05, 0) is 30.2 Å². The van der Waals surface area contributed by atoms with E-state index in [1.54, 1.807) is 40.1 Å². The van der Waals surface area contributed by atoms with Crippen molar-refractivity contribution >= 4 is 18.2 Å². The molecule has 2 heterocycles. The molecule has 1 aromatic heterocycles. The molecule has 1 N–H and O–H groups in total. The Morgan fingerprint density at radius 1 is 1.04 bits per heavy atom. The number of aromatic nitrogens is 1. The molecule has 3 rings (SSSR count). The molecular formula is C20H21FN4O3. The number of halogens is 1. The van der Waals surface area contributed by atoms with Crippen LogP contribution in [0.2, 0.25) is 0 Å². The summed E-state index contributed by atoms with van der Waals surface area (Å²) in [7, 11) is 0. The number of carbonyl (C=O) groups is 3. The summed E-state index contributed by atoms with van der Waals surface area (Å²) in [5.41, 5.74) is 0.835. The van der Waals surface area contributed by atoms with Crippen LogP contribution in [0, 0.1) is 5.82 Å². The van der Waals surface area contributed by atoms with Crippen molar-refractivity contribution < 1.29 is 18.8 Å². The first-order valence-corrected chi connectivity index (χ1v) is 9.06. The lowest BCUT2D eigenvalue weighted by molar-refractivity contribution is -0.119. The van der Waals surface area contributed by atoms with Gasteiger partial charge in [-0.1, -0.05) is 24.3 Å². The average Bonchev–Trinajstić information content (AvgIpc) is 2.74. The number of hydrogen-bond acceptors (Lipinski definition) is 4. The van der Waals surface area contributed by atoms with Crippen LogP contribution in [0.4, 0.5) is 4.39 Å². The highest BCUT2D eigenvalue weighted by Crippen LogP contribution is 2.09. The summed E-state index contributed by atoms with van der Waals surface area (Å²) in [6.07, 6.45) is 1.13. The van der Waals surface area contributed by atoms with E-state index in [1.165, 1.54) is 12.1 Å². The van der Waals surface area contributed by atoms with E-state index in [2.05, 4.69) is 10.3 Å². The molecule has 1 fully saturated rings. The molecule has 1 saturated heterocycles. The van der Waals surface area contributed by atoms with Crippen LogP contribution in [0.15, 0.2) is 42.5 Å². The quantitative estimate of drug-likeness (QED) is 0.757. The van der Waals surface area contributed by atoms with Gasteiger partial charge in [-0.15, -0.1) is 0 Å². The zero-order valence-corrected chi connectivity index (χ0v) is 15.3. The molecule has 0 saturated carbocycles. The third-order valence-corrected chi connectivity index (χ3v) is 4.59. The van der Waals surface area contributed by atoms with Gasteiger partial charge in [-0.2, -0.15) is 0 Å². The van der Waals surface area contributed by atoms with Gasteiger partial charge in [-0.25, -0.2) is 9.37 Å². The van der Waals surface area contributed by atoms with E-state index in [0.29, 0.717) is 38.2 Å². The number of piperazine rings is 1. The second kappa shape index (κ2) is 9.07. The van der Waals surface area contributed by atoms with Crippen LogP contribution in [0.5, 0.6) is 0 Å². The molecular weight excluding hydrogens is 363 g/mol. The minimum absolute atomic E-state index is 0.130. The van der Waals surface area contributed by atoms with E-state index in [0.717, 1.165) is 6.41 Å². The molecule has 0 atom stereocenters. The molecule has 0 aliphatic carbocycles. The normalized spacial score (nSPS) is 13.9. The fourth-order valence-corrected chi connectivity index (χ4v) is 2.98. The monoisotopic (exact) mass is 384 g/mol. The smallest absolute Gasteiger partial charge is 0.272 e. The van der Waals surface area contributed by atoms with Gasteiger partial charge in [0, 0.05) is 32.7 Å². The highest BCUT2D eigenvalue weighted by Gasteiger charge is 2.23. The predicted octanol–water partition coefficient (Wildman–Crippen LogP) is 1.11. The van der Waals surface area contributed by atoms with Crippen LogP contribution < -0.4 is 5.32 Å². The van der Waals surface area contributed by atoms with Crippen LogP contribution in [-0.2, 0) is 11.2 Å². The first-order valence-electron chi connectivity index (χ1n) is 9.06. The number of rotatable bonds is 6. The molecule has 28 heavy (non-hydrogen) atoms. The number of pyridine rings is 1. The fraction of sp³-hybridized carbons (Fsp3) is 0.300. The van der Waals surface area contributed by atoms with Crippen LogP contribution in [0.3, 0.4) is 0 Å². The molecule has 1 aliphatic heterocycles. The lowest BCUT2D eigenvalue weighted by Crippen LogP contribution is -2.48. The van der Waals surface area contributed by atoms with Gasteiger partial charge < -0.3 is 15.1 Å². The molecule has 0 spiro atoms. The standard InChI is InChI=1S/C20H21FN4O3/c21-16-5-2-1-4-15(16)8-9-22-19(27)17-6-3-7-18(23-17)20(28)25-12-10-24(14-26)11-13-25/h1-7,14H,8-13H2,(H,22,27). The Bertz CT molecular complexity index is 866. The van der Waals surface area contributed by atoms with Crippen LogP contribution in [0.25, 0.3) is 0 Å². The van der Waals surface area contributed by atoms with Crippen LogP contribution >= 0.6 is 0 Å². The second-order valence-corrected chi connectivity index (χ2v) is 6.44. The number of nitrogens with zero attached hydrogens (tertiary/aromatic N) is 3. The van der Waals surface area contributed by atoms with E-state index >= 15 is 0 Å². The third-order valence-electron chi connectivity index (χ3n) is 4.59. The largest absolute Gasteiger partial charge is 0.350 e. The number of nitrogens with one attached hydrogen (secondary N) is 1. The molecule has 3 amide bonds. The first kappa shape index (κ1) is 19.5. The third kappa shape index (κ3) is 4.70. The van der Waals surface area contributed by atoms with Gasteiger partial charge in [0.1, 0.15) is 17.2 Å². The zero-order chi connectivity index (χ0) is 19.9. The Morgan fingerprint density at radius 3 is 2.46 bits per heavy atom. The first-order chi connectivity index (χ1) is 13.6. The molecule has 0 unspecified atom stereocenters. The summed E-state index contributed by atoms with van der Waals surface area (Å²) in [5, 5.41) is 2.70. The minimum Gasteiger partial charge on any atom is -0.350 e. The summed E-state index contributed by atoms with van der Waals surface area (Å²) in [6.45, 7) is 2.07. The Labute approximate surface area is 162 Å².